The molecule has 3 aliphatic rings. The van der Waals surface area contributed by atoms with Gasteiger partial charge in [-0.15, -0.1) is 0 Å². The van der Waals surface area contributed by atoms with Crippen LogP contribution >= 0.6 is 11.6 Å². The Hall–Kier alpha value is -1.59. The van der Waals surface area contributed by atoms with Crippen molar-refractivity contribution in [3.63, 3.8) is 0 Å². The van der Waals surface area contributed by atoms with Crippen molar-refractivity contribution in [2.24, 2.45) is 5.41 Å². The average molecular weight is 309 g/mol. The van der Waals surface area contributed by atoms with Crippen LogP contribution in [0.1, 0.15) is 29.6 Å². The molecule has 5 nitrogen and oxygen atoms in total. The molecule has 0 aliphatic heterocycles. The Morgan fingerprint density at radius 1 is 1.33 bits per heavy atom. The molecule has 0 radical (unpaired) electrons. The van der Waals surface area contributed by atoms with Crippen molar-refractivity contribution in [1.29, 1.82) is 0 Å². The fourth-order valence-corrected chi connectivity index (χ4v) is 3.70. The Morgan fingerprint density at radius 3 is 2.57 bits per heavy atom. The number of nitrogens with zero attached hydrogens (tertiary/aromatic N) is 1. The van der Waals surface area contributed by atoms with E-state index in [0.29, 0.717) is 29.8 Å². The number of halogens is 1. The number of hydroxylamine groups is 2. The summed E-state index contributed by atoms with van der Waals surface area (Å²) >= 11 is 5.89. The minimum atomic E-state index is -0.341. The first-order chi connectivity index (χ1) is 9.90. The van der Waals surface area contributed by atoms with Gasteiger partial charge >= 0.3 is 0 Å². The highest BCUT2D eigenvalue weighted by molar-refractivity contribution is 6.30. The van der Waals surface area contributed by atoms with Gasteiger partial charge in [-0.05, 0) is 37.5 Å². The molecule has 3 fully saturated rings. The summed E-state index contributed by atoms with van der Waals surface area (Å²) in [7, 11) is 3.08. The van der Waals surface area contributed by atoms with Crippen LogP contribution < -0.4 is 5.32 Å². The summed E-state index contributed by atoms with van der Waals surface area (Å²) in [6.45, 7) is 0. The molecule has 112 valence electrons. The topological polar surface area (TPSA) is 58.6 Å². The summed E-state index contributed by atoms with van der Waals surface area (Å²) in [5.41, 5.74) is -0.0302. The Morgan fingerprint density at radius 2 is 2.00 bits per heavy atom. The van der Waals surface area contributed by atoms with E-state index in [-0.39, 0.29) is 22.8 Å². The van der Waals surface area contributed by atoms with Gasteiger partial charge in [-0.1, -0.05) is 17.7 Å². The molecule has 21 heavy (non-hydrogen) atoms. The first kappa shape index (κ1) is 14.4. The highest BCUT2D eigenvalue weighted by Gasteiger charge is 2.72. The highest BCUT2D eigenvalue weighted by atomic mass is 35.5. The van der Waals surface area contributed by atoms with E-state index in [1.165, 1.54) is 12.2 Å². The summed E-state index contributed by atoms with van der Waals surface area (Å²) in [6.07, 6.45) is 2.04. The molecule has 1 N–H and O–H groups in total. The molecular weight excluding hydrogens is 292 g/mol. The molecule has 0 heterocycles. The number of amides is 2. The van der Waals surface area contributed by atoms with E-state index in [1.54, 1.807) is 31.3 Å². The van der Waals surface area contributed by atoms with Crippen LogP contribution in [0.5, 0.6) is 0 Å². The fraction of sp³-hybridized carbons (Fsp3) is 0.467. The lowest BCUT2D eigenvalue weighted by atomic mass is 9.39. The predicted octanol–water partition coefficient (Wildman–Crippen LogP) is 2.01. The Balaban J connectivity index is 1.61. The minimum Gasteiger partial charge on any atom is -0.346 e. The summed E-state index contributed by atoms with van der Waals surface area (Å²) in [5, 5.41) is 4.83. The molecular formula is C15H17ClN2O3. The second kappa shape index (κ2) is 4.71. The Bertz CT molecular complexity index is 597. The van der Waals surface area contributed by atoms with Gasteiger partial charge in [0, 0.05) is 23.2 Å². The van der Waals surface area contributed by atoms with Gasteiger partial charge < -0.3 is 5.32 Å². The molecule has 0 atom stereocenters. The summed E-state index contributed by atoms with van der Waals surface area (Å²) < 4.78 is 0. The van der Waals surface area contributed by atoms with Crippen LogP contribution in [-0.2, 0) is 9.63 Å². The zero-order valence-electron chi connectivity index (χ0n) is 12.0. The van der Waals surface area contributed by atoms with E-state index >= 15 is 0 Å². The van der Waals surface area contributed by atoms with Gasteiger partial charge in [-0.25, -0.2) is 5.06 Å². The molecule has 0 aromatic heterocycles. The fourth-order valence-electron chi connectivity index (χ4n) is 3.51. The summed E-state index contributed by atoms with van der Waals surface area (Å²) in [4.78, 5) is 29.3. The van der Waals surface area contributed by atoms with Crippen LogP contribution in [-0.4, -0.2) is 36.6 Å². The lowest BCUT2D eigenvalue weighted by Crippen LogP contribution is -2.78. The number of benzene rings is 1. The number of hydrogen-bond acceptors (Lipinski definition) is 3. The first-order valence-corrected chi connectivity index (χ1v) is 7.18. The normalized spacial score (nSPS) is 29.1. The number of hydrogen-bond donors (Lipinski definition) is 1. The molecule has 6 heteroatoms. The Labute approximate surface area is 128 Å². The van der Waals surface area contributed by atoms with E-state index in [1.807, 2.05) is 0 Å². The van der Waals surface area contributed by atoms with Gasteiger partial charge in [0.2, 0.25) is 0 Å². The largest absolute Gasteiger partial charge is 0.346 e. The molecule has 0 unspecified atom stereocenters. The van der Waals surface area contributed by atoms with E-state index in [9.17, 15) is 9.59 Å². The second-order valence-electron chi connectivity index (χ2n) is 6.04. The van der Waals surface area contributed by atoms with Gasteiger partial charge in [0.15, 0.2) is 0 Å². The van der Waals surface area contributed by atoms with Crippen molar-refractivity contribution in [3.8, 4) is 0 Å². The van der Waals surface area contributed by atoms with Crippen molar-refractivity contribution in [1.82, 2.24) is 10.4 Å². The lowest BCUT2D eigenvalue weighted by molar-refractivity contribution is -0.219. The number of nitrogens with one attached hydrogen (secondary N) is 1. The zero-order valence-corrected chi connectivity index (χ0v) is 12.7. The Kier molecular flexibility index (Phi) is 3.22. The summed E-state index contributed by atoms with van der Waals surface area (Å²) in [6, 6.07) is 6.85. The van der Waals surface area contributed by atoms with Gasteiger partial charge in [0.05, 0.1) is 12.5 Å². The van der Waals surface area contributed by atoms with Crippen molar-refractivity contribution in [2.75, 3.05) is 14.2 Å². The van der Waals surface area contributed by atoms with Crippen molar-refractivity contribution in [3.05, 3.63) is 34.9 Å². The SMILES string of the molecule is CON(C)C(=O)C12CC(NC(=O)c3cccc(Cl)c3)(C1)C2. The molecule has 0 spiro atoms. The maximum Gasteiger partial charge on any atom is 0.252 e. The lowest BCUT2D eigenvalue weighted by Gasteiger charge is -2.69. The maximum absolute atomic E-state index is 12.2. The van der Waals surface area contributed by atoms with Crippen molar-refractivity contribution < 1.29 is 14.4 Å². The molecule has 3 saturated carbocycles. The number of carbonyl (C=O) groups is 2. The van der Waals surface area contributed by atoms with Crippen LogP contribution in [0.15, 0.2) is 24.3 Å². The summed E-state index contributed by atoms with van der Waals surface area (Å²) in [5.74, 6) is -0.151. The first-order valence-electron chi connectivity index (χ1n) is 6.80. The molecule has 4 rings (SSSR count). The minimum absolute atomic E-state index is 0.0103. The standard InChI is InChI=1S/C15H17ClN2O3/c1-18(21-2)13(20)14-7-15(8-14,9-14)17-12(19)10-4-3-5-11(16)6-10/h3-6H,7-9H2,1-2H3,(H,17,19). The van der Waals surface area contributed by atoms with E-state index in [4.69, 9.17) is 16.4 Å². The maximum atomic E-state index is 12.2. The van der Waals surface area contributed by atoms with E-state index in [0.717, 1.165) is 0 Å². The number of carbonyl (C=O) groups excluding carboxylic acids is 2. The highest BCUT2D eigenvalue weighted by Crippen LogP contribution is 2.67. The quantitative estimate of drug-likeness (QED) is 0.866. The third kappa shape index (κ3) is 2.21. The predicted molar refractivity (Wildman–Crippen MR) is 77.7 cm³/mol. The smallest absolute Gasteiger partial charge is 0.252 e. The molecule has 2 bridgehead atoms. The molecule has 2 amide bonds. The van der Waals surface area contributed by atoms with Gasteiger partial charge in [-0.3, -0.25) is 14.4 Å². The van der Waals surface area contributed by atoms with Crippen LogP contribution in [0.3, 0.4) is 0 Å². The molecule has 3 aliphatic carbocycles. The average Bonchev–Trinajstić information content (AvgIpc) is 2.39. The third-order valence-electron chi connectivity index (χ3n) is 4.51. The molecule has 1 aromatic rings. The zero-order chi connectivity index (χ0) is 15.3. The van der Waals surface area contributed by atoms with Gasteiger partial charge in [0.25, 0.3) is 11.8 Å². The second-order valence-corrected chi connectivity index (χ2v) is 6.48. The van der Waals surface area contributed by atoms with Crippen LogP contribution in [0.25, 0.3) is 0 Å². The molecule has 1 aromatic carbocycles. The van der Waals surface area contributed by atoms with E-state index < -0.39 is 0 Å². The number of rotatable bonds is 4. The van der Waals surface area contributed by atoms with Crippen LogP contribution in [0.2, 0.25) is 5.02 Å². The third-order valence-corrected chi connectivity index (χ3v) is 4.74. The van der Waals surface area contributed by atoms with Crippen molar-refractivity contribution >= 4 is 23.4 Å². The monoisotopic (exact) mass is 308 g/mol. The van der Waals surface area contributed by atoms with Gasteiger partial charge in [-0.2, -0.15) is 0 Å². The molecule has 0 saturated heterocycles. The van der Waals surface area contributed by atoms with E-state index in [2.05, 4.69) is 5.32 Å². The van der Waals surface area contributed by atoms with Crippen molar-refractivity contribution in [2.45, 2.75) is 24.8 Å². The van der Waals surface area contributed by atoms with Crippen LogP contribution in [0, 0.1) is 5.41 Å². The van der Waals surface area contributed by atoms with Crippen LogP contribution in [0.4, 0.5) is 0 Å². The van der Waals surface area contributed by atoms with Gasteiger partial charge in [0.1, 0.15) is 0 Å².